The lowest BCUT2D eigenvalue weighted by molar-refractivity contribution is 0.628. The van der Waals surface area contributed by atoms with Gasteiger partial charge in [-0.05, 0) is 84.1 Å². The quantitative estimate of drug-likeness (QED) is 0.240. The molecule has 0 bridgehead atoms. The Morgan fingerprint density at radius 3 is 2.23 bits per heavy atom. The van der Waals surface area contributed by atoms with Crippen LogP contribution in [0.2, 0.25) is 0 Å². The second kappa shape index (κ2) is 9.41. The van der Waals surface area contributed by atoms with Crippen LogP contribution in [0, 0.1) is 23.5 Å². The number of fused-ring (bicyclic) bond motifs is 1. The van der Waals surface area contributed by atoms with E-state index in [2.05, 4.69) is 17.9 Å². The third kappa shape index (κ3) is 5.08. The average Bonchev–Trinajstić information content (AvgIpc) is 2.78. The summed E-state index contributed by atoms with van der Waals surface area (Å²) in [5.74, 6) is 5.84. The van der Waals surface area contributed by atoms with Crippen LogP contribution in [0.4, 0.5) is 8.78 Å². The lowest BCUT2D eigenvalue weighted by atomic mass is 10.00. The molecule has 0 atom stereocenters. The van der Waals surface area contributed by atoms with Gasteiger partial charge in [0.15, 0.2) is 0 Å². The van der Waals surface area contributed by atoms with Gasteiger partial charge in [-0.2, -0.15) is 0 Å². The summed E-state index contributed by atoms with van der Waals surface area (Å²) in [6.07, 6.45) is 5.84. The van der Waals surface area contributed by atoms with Crippen LogP contribution in [0.5, 0.6) is 0 Å². The van der Waals surface area contributed by atoms with Gasteiger partial charge in [0.1, 0.15) is 11.6 Å². The first-order chi connectivity index (χ1) is 15.1. The minimum absolute atomic E-state index is 0.204. The summed E-state index contributed by atoms with van der Waals surface area (Å²) in [4.78, 5) is 0. The van der Waals surface area contributed by atoms with Crippen LogP contribution in [0.25, 0.3) is 21.9 Å². The molecule has 0 heterocycles. The number of rotatable bonds is 4. The van der Waals surface area contributed by atoms with E-state index in [9.17, 15) is 8.78 Å². The van der Waals surface area contributed by atoms with Crippen LogP contribution in [-0.2, 0) is 6.42 Å². The predicted molar refractivity (Wildman–Crippen MR) is 125 cm³/mol. The average molecular weight is 408 g/mol. The van der Waals surface area contributed by atoms with Gasteiger partial charge in [-0.1, -0.05) is 60.4 Å². The Bertz CT molecular complexity index is 1300. The van der Waals surface area contributed by atoms with Crippen LogP contribution in [0.1, 0.15) is 30.0 Å². The summed E-state index contributed by atoms with van der Waals surface area (Å²) >= 11 is 0. The van der Waals surface area contributed by atoms with Gasteiger partial charge >= 0.3 is 0 Å². The van der Waals surface area contributed by atoms with Crippen molar-refractivity contribution in [3.63, 3.8) is 0 Å². The highest BCUT2D eigenvalue weighted by atomic mass is 19.1. The summed E-state index contributed by atoms with van der Waals surface area (Å²) in [6.45, 7) is 1.99. The molecule has 0 unspecified atom stereocenters. The summed E-state index contributed by atoms with van der Waals surface area (Å²) in [5, 5.41) is 1.80. The zero-order valence-electron chi connectivity index (χ0n) is 17.3. The fraction of sp³-hybridized carbons (Fsp3) is 0.103. The van der Waals surface area contributed by atoms with E-state index in [-0.39, 0.29) is 11.6 Å². The molecule has 0 N–H and O–H groups in total. The smallest absolute Gasteiger partial charge is 0.131 e. The normalized spacial score (nSPS) is 10.9. The molecule has 0 aliphatic heterocycles. The van der Waals surface area contributed by atoms with E-state index in [0.29, 0.717) is 5.56 Å². The predicted octanol–water partition coefficient (Wildman–Crippen LogP) is 7.69. The van der Waals surface area contributed by atoms with Crippen molar-refractivity contribution in [3.05, 3.63) is 119 Å². The first-order valence-electron chi connectivity index (χ1n) is 10.3. The van der Waals surface area contributed by atoms with Crippen molar-refractivity contribution in [3.8, 4) is 23.0 Å². The van der Waals surface area contributed by atoms with Gasteiger partial charge in [-0.25, -0.2) is 8.78 Å². The first kappa shape index (κ1) is 20.6. The highest BCUT2D eigenvalue weighted by Crippen LogP contribution is 2.24. The summed E-state index contributed by atoms with van der Waals surface area (Å²) in [5.41, 5.74) is 4.14. The van der Waals surface area contributed by atoms with Gasteiger partial charge in [0.05, 0.1) is 0 Å². The van der Waals surface area contributed by atoms with Crippen LogP contribution in [-0.4, -0.2) is 0 Å². The molecular weight excluding hydrogens is 386 g/mol. The molecule has 0 nitrogen and oxygen atoms in total. The monoisotopic (exact) mass is 408 g/mol. The molecule has 4 aromatic rings. The summed E-state index contributed by atoms with van der Waals surface area (Å²) < 4.78 is 27.9. The van der Waals surface area contributed by atoms with Crippen molar-refractivity contribution in [1.29, 1.82) is 0 Å². The molecule has 0 amide bonds. The lowest BCUT2D eigenvalue weighted by Gasteiger charge is -2.06. The zero-order valence-corrected chi connectivity index (χ0v) is 17.3. The number of benzene rings is 4. The number of halogens is 2. The van der Waals surface area contributed by atoms with Crippen molar-refractivity contribution >= 4 is 10.8 Å². The van der Waals surface area contributed by atoms with Gasteiger partial charge in [-0.15, -0.1) is 0 Å². The molecule has 0 aromatic heterocycles. The molecule has 0 spiro atoms. The Morgan fingerprint density at radius 2 is 1.45 bits per heavy atom. The number of hydrogen-bond donors (Lipinski definition) is 0. The van der Waals surface area contributed by atoms with E-state index in [1.807, 2.05) is 67.6 Å². The van der Waals surface area contributed by atoms with Crippen LogP contribution in [0.15, 0.2) is 91.0 Å². The van der Waals surface area contributed by atoms with Crippen LogP contribution in [0.3, 0.4) is 0 Å². The Morgan fingerprint density at radius 1 is 0.742 bits per heavy atom. The molecule has 152 valence electrons. The van der Waals surface area contributed by atoms with Crippen LogP contribution >= 0.6 is 0 Å². The Kier molecular flexibility index (Phi) is 6.24. The zero-order chi connectivity index (χ0) is 21.6. The lowest BCUT2D eigenvalue weighted by Crippen LogP contribution is -1.90. The molecular formula is C29H22F2. The van der Waals surface area contributed by atoms with Crippen molar-refractivity contribution in [2.24, 2.45) is 0 Å². The van der Waals surface area contributed by atoms with Gasteiger partial charge < -0.3 is 0 Å². The molecule has 0 radical (unpaired) electrons. The van der Waals surface area contributed by atoms with E-state index in [1.54, 1.807) is 12.1 Å². The third-order valence-corrected chi connectivity index (χ3v) is 5.22. The Balaban J connectivity index is 1.51. The third-order valence-electron chi connectivity index (χ3n) is 5.22. The van der Waals surface area contributed by atoms with Crippen molar-refractivity contribution in [2.45, 2.75) is 19.8 Å². The number of aryl methyl sites for hydroxylation is 1. The fourth-order valence-electron chi connectivity index (χ4n) is 3.54. The molecule has 0 fully saturated rings. The van der Waals surface area contributed by atoms with Crippen LogP contribution < -0.4 is 0 Å². The summed E-state index contributed by atoms with van der Waals surface area (Å²) in [6, 6.07) is 23.5. The maximum absolute atomic E-state index is 14.6. The molecule has 0 aliphatic rings. The largest absolute Gasteiger partial charge is 0.207 e. The molecule has 2 heteroatoms. The van der Waals surface area contributed by atoms with Gasteiger partial charge in [-0.3, -0.25) is 0 Å². The number of allylic oxidation sites excluding steroid dienone is 2. The fourth-order valence-corrected chi connectivity index (χ4v) is 3.54. The van der Waals surface area contributed by atoms with Crippen molar-refractivity contribution in [1.82, 2.24) is 0 Å². The number of hydrogen-bond acceptors (Lipinski definition) is 0. The van der Waals surface area contributed by atoms with E-state index >= 15 is 0 Å². The maximum Gasteiger partial charge on any atom is 0.131 e. The SMILES string of the molecule is C/C=C/CCc1ccc(-c2ccc(C#Cc3ccc4cc(F)ccc4c3)cc2)c(F)c1. The van der Waals surface area contributed by atoms with E-state index in [0.717, 1.165) is 45.9 Å². The van der Waals surface area contributed by atoms with Crippen molar-refractivity contribution in [2.75, 3.05) is 0 Å². The second-order valence-corrected chi connectivity index (χ2v) is 7.46. The topological polar surface area (TPSA) is 0 Å². The first-order valence-corrected chi connectivity index (χ1v) is 10.3. The Labute approximate surface area is 181 Å². The highest BCUT2D eigenvalue weighted by molar-refractivity contribution is 5.84. The van der Waals surface area contributed by atoms with E-state index < -0.39 is 0 Å². The van der Waals surface area contributed by atoms with E-state index in [4.69, 9.17) is 0 Å². The maximum atomic E-state index is 14.6. The van der Waals surface area contributed by atoms with Gasteiger partial charge in [0.25, 0.3) is 0 Å². The summed E-state index contributed by atoms with van der Waals surface area (Å²) in [7, 11) is 0. The van der Waals surface area contributed by atoms with E-state index in [1.165, 1.54) is 12.1 Å². The minimum atomic E-state index is -0.244. The second-order valence-electron chi connectivity index (χ2n) is 7.46. The van der Waals surface area contributed by atoms with Gasteiger partial charge in [0, 0.05) is 16.7 Å². The molecule has 0 aliphatic carbocycles. The van der Waals surface area contributed by atoms with Gasteiger partial charge in [0.2, 0.25) is 0 Å². The molecule has 0 saturated carbocycles. The standard InChI is InChI=1S/C29H22F2/c1-2-3-4-5-22-11-17-28(29(31)19-22)24-12-8-21(9-13-24)6-7-23-10-14-26-20-27(30)16-15-25(26)18-23/h2-3,8-20H,4-5H2,1H3/b3-2+. The Hall–Kier alpha value is -3.70. The molecule has 4 rings (SSSR count). The molecule has 31 heavy (non-hydrogen) atoms. The molecule has 4 aromatic carbocycles. The van der Waals surface area contributed by atoms with Crippen molar-refractivity contribution < 1.29 is 8.78 Å². The molecule has 0 saturated heterocycles. The minimum Gasteiger partial charge on any atom is -0.207 e. The highest BCUT2D eigenvalue weighted by Gasteiger charge is 2.06.